The van der Waals surface area contributed by atoms with Gasteiger partial charge in [-0.15, -0.1) is 0 Å². The zero-order valence-electron chi connectivity index (χ0n) is 14.6. The quantitative estimate of drug-likeness (QED) is 0.700. The zero-order chi connectivity index (χ0) is 18.3. The van der Waals surface area contributed by atoms with E-state index in [1.807, 2.05) is 48.5 Å². The normalized spacial score (nSPS) is 13.5. The van der Waals surface area contributed by atoms with Crippen LogP contribution in [0.25, 0.3) is 11.1 Å². The van der Waals surface area contributed by atoms with Crippen LogP contribution in [0.1, 0.15) is 17.2 Å². The lowest BCUT2D eigenvalue weighted by molar-refractivity contribution is 0.413. The van der Waals surface area contributed by atoms with Gasteiger partial charge in [0.15, 0.2) is 0 Å². The number of nitrogens with zero attached hydrogens (tertiary/aromatic N) is 1. The van der Waals surface area contributed by atoms with E-state index >= 15 is 0 Å². The summed E-state index contributed by atoms with van der Waals surface area (Å²) in [6.45, 7) is 0. The molecule has 3 aromatic carbocycles. The number of fused-ring (bicyclic) bond motifs is 3. The number of benzene rings is 3. The number of hydrogen-bond donors (Lipinski definition) is 0. The summed E-state index contributed by atoms with van der Waals surface area (Å²) >= 11 is 0. The van der Waals surface area contributed by atoms with Gasteiger partial charge in [-0.2, -0.15) is 4.31 Å². The highest BCUT2D eigenvalue weighted by Gasteiger charge is 2.36. The second-order valence-electron chi connectivity index (χ2n) is 6.27. The van der Waals surface area contributed by atoms with E-state index in [2.05, 4.69) is 0 Å². The van der Waals surface area contributed by atoms with Crippen LogP contribution in [-0.4, -0.2) is 26.9 Å². The summed E-state index contributed by atoms with van der Waals surface area (Å²) in [6.07, 6.45) is 0. The van der Waals surface area contributed by atoms with Gasteiger partial charge in [0.25, 0.3) is 0 Å². The van der Waals surface area contributed by atoms with Crippen molar-refractivity contribution in [3.8, 4) is 16.9 Å². The van der Waals surface area contributed by atoms with Crippen LogP contribution in [0.2, 0.25) is 0 Å². The summed E-state index contributed by atoms with van der Waals surface area (Å²) in [5.41, 5.74) is 4.19. The molecule has 0 spiro atoms. The maximum absolute atomic E-state index is 13.2. The smallest absolute Gasteiger partial charge is 0.243 e. The van der Waals surface area contributed by atoms with Gasteiger partial charge in [0.2, 0.25) is 10.0 Å². The fourth-order valence-electron chi connectivity index (χ4n) is 3.57. The van der Waals surface area contributed by atoms with Crippen molar-refractivity contribution in [2.45, 2.75) is 10.9 Å². The minimum absolute atomic E-state index is 0.252. The Balaban J connectivity index is 1.81. The molecule has 3 aromatic rings. The van der Waals surface area contributed by atoms with E-state index < -0.39 is 10.0 Å². The van der Waals surface area contributed by atoms with Crippen molar-refractivity contribution >= 4 is 10.0 Å². The number of sulfonamides is 1. The Kier molecular flexibility index (Phi) is 4.05. The van der Waals surface area contributed by atoms with Crippen molar-refractivity contribution in [1.29, 1.82) is 0 Å². The van der Waals surface area contributed by atoms with Crippen LogP contribution < -0.4 is 4.74 Å². The van der Waals surface area contributed by atoms with Gasteiger partial charge in [0, 0.05) is 7.05 Å². The molecule has 0 saturated carbocycles. The molecule has 0 heterocycles. The summed E-state index contributed by atoms with van der Waals surface area (Å²) in [4.78, 5) is 0.252. The number of hydrogen-bond acceptors (Lipinski definition) is 3. The average molecular weight is 365 g/mol. The fourth-order valence-corrected chi connectivity index (χ4v) is 4.89. The Hall–Kier alpha value is -2.63. The van der Waals surface area contributed by atoms with Crippen LogP contribution in [-0.2, 0) is 10.0 Å². The lowest BCUT2D eigenvalue weighted by atomic mass is 10.1. The van der Waals surface area contributed by atoms with Gasteiger partial charge in [-0.1, -0.05) is 48.5 Å². The predicted octanol–water partition coefficient (Wildman–Crippen LogP) is 4.09. The lowest BCUT2D eigenvalue weighted by Gasteiger charge is -2.26. The molecule has 0 radical (unpaired) electrons. The van der Waals surface area contributed by atoms with Crippen LogP contribution in [0.4, 0.5) is 0 Å². The van der Waals surface area contributed by atoms with Gasteiger partial charge in [-0.25, -0.2) is 8.42 Å². The summed E-state index contributed by atoms with van der Waals surface area (Å²) in [6, 6.07) is 22.1. The molecule has 0 atom stereocenters. The molecule has 26 heavy (non-hydrogen) atoms. The first kappa shape index (κ1) is 16.8. The average Bonchev–Trinajstić information content (AvgIpc) is 3.02. The van der Waals surface area contributed by atoms with Gasteiger partial charge in [-0.3, -0.25) is 0 Å². The second kappa shape index (κ2) is 6.27. The summed E-state index contributed by atoms with van der Waals surface area (Å²) in [5.74, 6) is 0.628. The Morgan fingerprint density at radius 2 is 1.31 bits per heavy atom. The molecule has 0 aliphatic heterocycles. The largest absolute Gasteiger partial charge is 0.497 e. The molecule has 0 unspecified atom stereocenters. The number of ether oxygens (including phenoxy) is 1. The molecule has 0 bridgehead atoms. The van der Waals surface area contributed by atoms with Crippen molar-refractivity contribution in [2.75, 3.05) is 14.2 Å². The highest BCUT2D eigenvalue weighted by atomic mass is 32.2. The fraction of sp³-hybridized carbons (Fsp3) is 0.143. The highest BCUT2D eigenvalue weighted by molar-refractivity contribution is 7.89. The van der Waals surface area contributed by atoms with Crippen molar-refractivity contribution in [3.05, 3.63) is 83.9 Å². The first-order valence-electron chi connectivity index (χ1n) is 8.34. The van der Waals surface area contributed by atoms with Crippen molar-refractivity contribution in [1.82, 2.24) is 4.31 Å². The number of rotatable bonds is 4. The minimum atomic E-state index is -3.66. The Morgan fingerprint density at radius 1 is 0.808 bits per heavy atom. The number of methoxy groups -OCH3 is 1. The van der Waals surface area contributed by atoms with E-state index in [4.69, 9.17) is 4.74 Å². The maximum atomic E-state index is 13.2. The van der Waals surface area contributed by atoms with Gasteiger partial charge in [0.05, 0.1) is 18.0 Å². The van der Waals surface area contributed by atoms with Gasteiger partial charge in [-0.05, 0) is 46.5 Å². The Bertz CT molecular complexity index is 1010. The molecule has 132 valence electrons. The molecule has 4 rings (SSSR count). The van der Waals surface area contributed by atoms with E-state index in [0.29, 0.717) is 5.75 Å². The van der Waals surface area contributed by atoms with Gasteiger partial charge in [0.1, 0.15) is 5.75 Å². The first-order valence-corrected chi connectivity index (χ1v) is 9.78. The van der Waals surface area contributed by atoms with E-state index in [1.165, 1.54) is 4.31 Å². The molecule has 1 aliphatic carbocycles. The third kappa shape index (κ3) is 2.52. The van der Waals surface area contributed by atoms with E-state index in [-0.39, 0.29) is 10.9 Å². The van der Waals surface area contributed by atoms with E-state index in [9.17, 15) is 8.42 Å². The summed E-state index contributed by atoms with van der Waals surface area (Å²) < 4.78 is 33.0. The molecule has 4 nitrogen and oxygen atoms in total. The molecular weight excluding hydrogens is 346 g/mol. The van der Waals surface area contributed by atoms with Crippen LogP contribution in [0.15, 0.2) is 77.7 Å². The van der Waals surface area contributed by atoms with Crippen molar-refractivity contribution in [3.63, 3.8) is 0 Å². The summed E-state index contributed by atoms with van der Waals surface area (Å²) in [7, 11) is -0.455. The standard InChI is InChI=1S/C21H19NO3S/c1-22(26(23,24)16-13-11-15(25-2)12-14-16)21-19-9-5-3-7-17(19)18-8-4-6-10-20(18)21/h3-14,21H,1-2H3. The second-order valence-corrected chi connectivity index (χ2v) is 8.27. The maximum Gasteiger partial charge on any atom is 0.243 e. The van der Waals surface area contributed by atoms with Crippen LogP contribution >= 0.6 is 0 Å². The molecule has 1 aliphatic rings. The SMILES string of the molecule is COc1ccc(S(=O)(=O)N(C)C2c3ccccc3-c3ccccc32)cc1. The van der Waals surface area contributed by atoms with Crippen molar-refractivity contribution < 1.29 is 13.2 Å². The zero-order valence-corrected chi connectivity index (χ0v) is 15.4. The molecule has 0 saturated heterocycles. The molecule has 0 aromatic heterocycles. The summed E-state index contributed by atoms with van der Waals surface area (Å²) in [5, 5.41) is 0. The molecule has 0 fully saturated rings. The van der Waals surface area contributed by atoms with Gasteiger partial charge < -0.3 is 4.74 Å². The van der Waals surface area contributed by atoms with Crippen molar-refractivity contribution in [2.24, 2.45) is 0 Å². The topological polar surface area (TPSA) is 46.6 Å². The molecule has 0 N–H and O–H groups in total. The minimum Gasteiger partial charge on any atom is -0.497 e. The van der Waals surface area contributed by atoms with Crippen LogP contribution in [0.5, 0.6) is 5.75 Å². The predicted molar refractivity (Wildman–Crippen MR) is 102 cm³/mol. The van der Waals surface area contributed by atoms with E-state index in [0.717, 1.165) is 22.3 Å². The third-order valence-electron chi connectivity index (χ3n) is 4.90. The van der Waals surface area contributed by atoms with Crippen LogP contribution in [0, 0.1) is 0 Å². The molecular formula is C21H19NO3S. The molecule has 0 amide bonds. The van der Waals surface area contributed by atoms with E-state index in [1.54, 1.807) is 38.4 Å². The Labute approximate surface area is 153 Å². The third-order valence-corrected chi connectivity index (χ3v) is 6.74. The lowest BCUT2D eigenvalue weighted by Crippen LogP contribution is -2.31. The monoisotopic (exact) mass is 365 g/mol. The molecule has 5 heteroatoms. The van der Waals surface area contributed by atoms with Gasteiger partial charge >= 0.3 is 0 Å². The van der Waals surface area contributed by atoms with Crippen LogP contribution in [0.3, 0.4) is 0 Å². The Morgan fingerprint density at radius 3 is 1.81 bits per heavy atom. The highest BCUT2D eigenvalue weighted by Crippen LogP contribution is 2.47. The first-order chi connectivity index (χ1) is 12.5.